The zero-order valence-electron chi connectivity index (χ0n) is 10.7. The third kappa shape index (κ3) is 6.54. The lowest BCUT2D eigenvalue weighted by molar-refractivity contribution is 0.414. The van der Waals surface area contributed by atoms with Crippen LogP contribution in [0.5, 0.6) is 5.75 Å². The Labute approximate surface area is 109 Å². The van der Waals surface area contributed by atoms with E-state index in [1.165, 1.54) is 5.56 Å². The number of alkyl halides is 1. The Balaban J connectivity index is 2.09. The zero-order chi connectivity index (χ0) is 12.5. The summed E-state index contributed by atoms with van der Waals surface area (Å²) in [5.41, 5.74) is 1.34. The normalized spacial score (nSPS) is 12.4. The summed E-state index contributed by atoms with van der Waals surface area (Å²) in [4.78, 5) is 0. The predicted molar refractivity (Wildman–Crippen MR) is 74.1 cm³/mol. The molecule has 0 aliphatic heterocycles. The molecule has 0 aliphatic rings. The van der Waals surface area contributed by atoms with Crippen LogP contribution in [0, 0.1) is 0 Å². The molecule has 0 heterocycles. The molecule has 1 atom stereocenters. The van der Waals surface area contributed by atoms with E-state index < -0.39 is 0 Å². The molecule has 3 heteroatoms. The van der Waals surface area contributed by atoms with Crippen molar-refractivity contribution < 1.29 is 4.74 Å². The third-order valence-corrected chi connectivity index (χ3v) is 2.92. The lowest BCUT2D eigenvalue weighted by Crippen LogP contribution is -2.19. The maximum absolute atomic E-state index is 5.88. The molecule has 0 amide bonds. The van der Waals surface area contributed by atoms with Gasteiger partial charge in [0, 0.05) is 5.38 Å². The number of rotatable bonds is 8. The second-order valence-electron chi connectivity index (χ2n) is 4.27. The van der Waals surface area contributed by atoms with Crippen molar-refractivity contribution >= 4 is 11.6 Å². The van der Waals surface area contributed by atoms with Crippen molar-refractivity contribution in [3.05, 3.63) is 29.8 Å². The average molecular weight is 256 g/mol. The smallest absolute Gasteiger partial charge is 0.118 e. The van der Waals surface area contributed by atoms with Crippen LogP contribution in [0.3, 0.4) is 0 Å². The minimum atomic E-state index is 0.290. The Kier molecular flexibility index (Phi) is 7.06. The highest BCUT2D eigenvalue weighted by Gasteiger charge is 1.96. The largest absolute Gasteiger partial charge is 0.497 e. The Morgan fingerprint density at radius 1 is 1.24 bits per heavy atom. The first-order valence-corrected chi connectivity index (χ1v) is 6.63. The quantitative estimate of drug-likeness (QED) is 0.569. The number of benzene rings is 1. The molecule has 1 aromatic carbocycles. The van der Waals surface area contributed by atoms with E-state index in [-0.39, 0.29) is 0 Å². The standard InChI is InChI=1S/C14H22ClNO/c1-12(15)4-3-10-16-11-9-13-5-7-14(17-2)8-6-13/h5-8,12,16H,3-4,9-11H2,1-2H3. The van der Waals surface area contributed by atoms with Gasteiger partial charge in [0.1, 0.15) is 5.75 Å². The van der Waals surface area contributed by atoms with Crippen molar-refractivity contribution in [1.82, 2.24) is 5.32 Å². The van der Waals surface area contributed by atoms with E-state index in [0.717, 1.165) is 38.1 Å². The highest BCUT2D eigenvalue weighted by Crippen LogP contribution is 2.11. The van der Waals surface area contributed by atoms with Crippen LogP contribution in [0.1, 0.15) is 25.3 Å². The van der Waals surface area contributed by atoms with Crippen LogP contribution >= 0.6 is 11.6 Å². The maximum Gasteiger partial charge on any atom is 0.118 e. The molecule has 0 spiro atoms. The molecule has 0 saturated carbocycles. The molecule has 0 radical (unpaired) electrons. The van der Waals surface area contributed by atoms with Gasteiger partial charge in [-0.15, -0.1) is 11.6 Å². The fraction of sp³-hybridized carbons (Fsp3) is 0.571. The van der Waals surface area contributed by atoms with Gasteiger partial charge >= 0.3 is 0 Å². The predicted octanol–water partition coefficient (Wildman–Crippen LogP) is 3.23. The van der Waals surface area contributed by atoms with Gasteiger partial charge in [0.15, 0.2) is 0 Å². The van der Waals surface area contributed by atoms with E-state index in [1.54, 1.807) is 7.11 Å². The number of nitrogens with one attached hydrogen (secondary N) is 1. The Morgan fingerprint density at radius 2 is 1.94 bits per heavy atom. The van der Waals surface area contributed by atoms with Gasteiger partial charge in [-0.25, -0.2) is 0 Å². The molecular weight excluding hydrogens is 234 g/mol. The molecule has 1 rings (SSSR count). The van der Waals surface area contributed by atoms with Crippen LogP contribution in [0.15, 0.2) is 24.3 Å². The van der Waals surface area contributed by atoms with Crippen molar-refractivity contribution in [3.63, 3.8) is 0 Å². The Morgan fingerprint density at radius 3 is 2.53 bits per heavy atom. The summed E-state index contributed by atoms with van der Waals surface area (Å²) in [5, 5.41) is 3.72. The molecule has 2 nitrogen and oxygen atoms in total. The van der Waals surface area contributed by atoms with E-state index in [1.807, 2.05) is 19.1 Å². The number of hydrogen-bond donors (Lipinski definition) is 1. The molecule has 0 aromatic heterocycles. The molecule has 0 saturated heterocycles. The van der Waals surface area contributed by atoms with Crippen molar-refractivity contribution in [2.24, 2.45) is 0 Å². The van der Waals surface area contributed by atoms with Crippen LogP contribution in [0.2, 0.25) is 0 Å². The van der Waals surface area contributed by atoms with Crippen molar-refractivity contribution in [2.45, 2.75) is 31.6 Å². The summed E-state index contributed by atoms with van der Waals surface area (Å²) in [6.07, 6.45) is 3.28. The first-order chi connectivity index (χ1) is 8.22. The van der Waals surface area contributed by atoms with Gasteiger partial charge in [-0.05, 0) is 57.0 Å². The van der Waals surface area contributed by atoms with E-state index in [2.05, 4.69) is 17.4 Å². The molecule has 0 fully saturated rings. The number of halogens is 1. The van der Waals surface area contributed by atoms with Crippen molar-refractivity contribution in [2.75, 3.05) is 20.2 Å². The van der Waals surface area contributed by atoms with E-state index in [0.29, 0.717) is 5.38 Å². The first-order valence-electron chi connectivity index (χ1n) is 6.20. The van der Waals surface area contributed by atoms with E-state index >= 15 is 0 Å². The summed E-state index contributed by atoms with van der Waals surface area (Å²) in [7, 11) is 1.69. The van der Waals surface area contributed by atoms with Crippen LogP contribution in [-0.4, -0.2) is 25.6 Å². The molecule has 0 bridgehead atoms. The molecule has 96 valence electrons. The second-order valence-corrected chi connectivity index (χ2v) is 5.02. The topological polar surface area (TPSA) is 21.3 Å². The molecule has 1 unspecified atom stereocenters. The summed E-state index contributed by atoms with van der Waals surface area (Å²) in [6, 6.07) is 8.23. The van der Waals surface area contributed by atoms with Gasteiger partial charge in [0.05, 0.1) is 7.11 Å². The fourth-order valence-electron chi connectivity index (χ4n) is 1.66. The van der Waals surface area contributed by atoms with Gasteiger partial charge in [-0.3, -0.25) is 0 Å². The Hall–Kier alpha value is -0.730. The van der Waals surface area contributed by atoms with E-state index in [9.17, 15) is 0 Å². The lowest BCUT2D eigenvalue weighted by Gasteiger charge is -2.06. The monoisotopic (exact) mass is 255 g/mol. The Bertz CT molecular complexity index is 298. The summed E-state index contributed by atoms with van der Waals surface area (Å²) >= 11 is 5.88. The summed E-state index contributed by atoms with van der Waals surface area (Å²) in [6.45, 7) is 4.11. The maximum atomic E-state index is 5.88. The van der Waals surface area contributed by atoms with Crippen LogP contribution < -0.4 is 10.1 Å². The SMILES string of the molecule is COc1ccc(CCNCCCC(C)Cl)cc1. The molecule has 0 aliphatic carbocycles. The van der Waals surface area contributed by atoms with Crippen LogP contribution in [0.25, 0.3) is 0 Å². The average Bonchev–Trinajstić information content (AvgIpc) is 2.34. The van der Waals surface area contributed by atoms with Crippen LogP contribution in [-0.2, 0) is 6.42 Å². The number of hydrogen-bond acceptors (Lipinski definition) is 2. The minimum absolute atomic E-state index is 0.290. The number of ether oxygens (including phenoxy) is 1. The van der Waals surface area contributed by atoms with Gasteiger partial charge in [-0.1, -0.05) is 12.1 Å². The van der Waals surface area contributed by atoms with Crippen molar-refractivity contribution in [3.8, 4) is 5.75 Å². The minimum Gasteiger partial charge on any atom is -0.497 e. The first kappa shape index (κ1) is 14.3. The van der Waals surface area contributed by atoms with Gasteiger partial charge in [0.2, 0.25) is 0 Å². The van der Waals surface area contributed by atoms with Crippen molar-refractivity contribution in [1.29, 1.82) is 0 Å². The molecule has 17 heavy (non-hydrogen) atoms. The van der Waals surface area contributed by atoms with Gasteiger partial charge in [-0.2, -0.15) is 0 Å². The van der Waals surface area contributed by atoms with E-state index in [4.69, 9.17) is 16.3 Å². The third-order valence-electron chi connectivity index (χ3n) is 2.70. The summed E-state index contributed by atoms with van der Waals surface area (Å²) < 4.78 is 5.12. The zero-order valence-corrected chi connectivity index (χ0v) is 11.5. The summed E-state index contributed by atoms with van der Waals surface area (Å²) in [5.74, 6) is 0.915. The fourth-order valence-corrected chi connectivity index (χ4v) is 1.81. The lowest BCUT2D eigenvalue weighted by atomic mass is 10.1. The highest BCUT2D eigenvalue weighted by atomic mass is 35.5. The second kappa shape index (κ2) is 8.37. The van der Waals surface area contributed by atoms with Crippen LogP contribution in [0.4, 0.5) is 0 Å². The molecule has 1 N–H and O–H groups in total. The molecular formula is C14H22ClNO. The molecule has 1 aromatic rings. The highest BCUT2D eigenvalue weighted by molar-refractivity contribution is 6.20. The number of methoxy groups -OCH3 is 1. The van der Waals surface area contributed by atoms with Gasteiger partial charge < -0.3 is 10.1 Å². The van der Waals surface area contributed by atoms with Gasteiger partial charge in [0.25, 0.3) is 0 Å².